The van der Waals surface area contributed by atoms with Crippen LogP contribution in [0.1, 0.15) is 31.7 Å². The van der Waals surface area contributed by atoms with Gasteiger partial charge in [-0.3, -0.25) is 14.2 Å². The predicted octanol–water partition coefficient (Wildman–Crippen LogP) is 2.17. The first kappa shape index (κ1) is 11.8. The molecule has 1 heterocycles. The molecule has 0 bridgehead atoms. The van der Waals surface area contributed by atoms with E-state index in [2.05, 4.69) is 0 Å². The van der Waals surface area contributed by atoms with Gasteiger partial charge in [0.1, 0.15) is 5.76 Å². The number of rotatable bonds is 3. The van der Waals surface area contributed by atoms with E-state index in [1.807, 2.05) is 30.8 Å². The molecule has 0 radical (unpaired) electrons. The van der Waals surface area contributed by atoms with E-state index in [0.29, 0.717) is 6.54 Å². The van der Waals surface area contributed by atoms with Crippen LogP contribution in [0.4, 0.5) is 0 Å². The quantitative estimate of drug-likeness (QED) is 0.871. The molecule has 4 nitrogen and oxygen atoms in total. The maximum atomic E-state index is 12.2. The van der Waals surface area contributed by atoms with Gasteiger partial charge in [-0.15, -0.1) is 0 Å². The maximum Gasteiger partial charge on any atom is 0.270 e. The van der Waals surface area contributed by atoms with Gasteiger partial charge >= 0.3 is 0 Å². The lowest BCUT2D eigenvalue weighted by atomic mass is 9.94. The van der Waals surface area contributed by atoms with Gasteiger partial charge < -0.3 is 5.11 Å². The summed E-state index contributed by atoms with van der Waals surface area (Å²) >= 11 is 0. The summed E-state index contributed by atoms with van der Waals surface area (Å²) in [6.45, 7) is 5.43. The van der Waals surface area contributed by atoms with Crippen molar-refractivity contribution in [3.63, 3.8) is 0 Å². The normalized spacial score (nSPS) is 19.4. The topological polar surface area (TPSA) is 47.2 Å². The molecule has 1 aliphatic rings. The third-order valence-electron chi connectivity index (χ3n) is 3.15. The first-order valence-electron chi connectivity index (χ1n) is 6.04. The zero-order chi connectivity index (χ0) is 12.4. The average Bonchev–Trinajstić information content (AvgIpc) is 2.65. The van der Waals surface area contributed by atoms with Crippen LogP contribution in [0.15, 0.2) is 35.0 Å². The number of nitrogens with zero attached hydrogens (tertiary/aromatic N) is 2. The van der Waals surface area contributed by atoms with E-state index < -0.39 is 0 Å². The first-order valence-corrected chi connectivity index (χ1v) is 6.04. The van der Waals surface area contributed by atoms with E-state index in [-0.39, 0.29) is 17.2 Å². The van der Waals surface area contributed by atoms with E-state index in [4.69, 9.17) is 0 Å². The molecule has 2 rings (SSSR count). The van der Waals surface area contributed by atoms with Crippen molar-refractivity contribution in [3.05, 3.63) is 46.1 Å². The van der Waals surface area contributed by atoms with Crippen LogP contribution in [0.2, 0.25) is 0 Å². The predicted molar refractivity (Wildman–Crippen MR) is 67.2 cm³/mol. The van der Waals surface area contributed by atoms with Crippen molar-refractivity contribution in [1.29, 1.82) is 0 Å². The minimum Gasteiger partial charge on any atom is -0.508 e. The fourth-order valence-corrected chi connectivity index (χ4v) is 2.27. The van der Waals surface area contributed by atoms with E-state index in [1.54, 1.807) is 16.8 Å². The van der Waals surface area contributed by atoms with Gasteiger partial charge in [0.2, 0.25) is 0 Å². The molecule has 1 aliphatic carbocycles. The van der Waals surface area contributed by atoms with E-state index in [0.717, 1.165) is 18.5 Å². The molecular weight excluding hydrogens is 216 g/mol. The van der Waals surface area contributed by atoms with Crippen molar-refractivity contribution in [3.8, 4) is 0 Å². The molecule has 1 aromatic rings. The molecule has 0 amide bonds. The second kappa shape index (κ2) is 4.65. The summed E-state index contributed by atoms with van der Waals surface area (Å²) < 4.78 is 3.67. The van der Waals surface area contributed by atoms with Gasteiger partial charge in [-0.1, -0.05) is 6.08 Å². The van der Waals surface area contributed by atoms with Crippen LogP contribution in [0.3, 0.4) is 0 Å². The van der Waals surface area contributed by atoms with Crippen molar-refractivity contribution >= 4 is 0 Å². The number of hydrogen-bond acceptors (Lipinski definition) is 2. The van der Waals surface area contributed by atoms with Gasteiger partial charge in [0.25, 0.3) is 5.56 Å². The molecule has 1 atom stereocenters. The Balaban J connectivity index is 2.43. The van der Waals surface area contributed by atoms with Crippen LogP contribution < -0.4 is 5.56 Å². The Hall–Kier alpha value is -1.71. The number of hydrogen-bond donors (Lipinski definition) is 1. The number of aromatic nitrogens is 2. The summed E-state index contributed by atoms with van der Waals surface area (Å²) in [4.78, 5) is 12.2. The molecule has 0 saturated carbocycles. The molecule has 0 aromatic carbocycles. The van der Waals surface area contributed by atoms with Gasteiger partial charge in [-0.05, 0) is 32.4 Å². The summed E-state index contributed by atoms with van der Waals surface area (Å²) in [6.07, 6.45) is 8.00. The van der Waals surface area contributed by atoms with Crippen molar-refractivity contribution < 1.29 is 5.11 Å². The molecule has 0 spiro atoms. The molecule has 0 aliphatic heterocycles. The van der Waals surface area contributed by atoms with E-state index in [9.17, 15) is 9.90 Å². The number of allylic oxidation sites excluding steroid dienone is 3. The molecule has 1 unspecified atom stereocenters. The summed E-state index contributed by atoms with van der Waals surface area (Å²) in [5.41, 5.74) is 0.823. The molecule has 0 fully saturated rings. The number of aryl methyl sites for hydroxylation is 1. The average molecular weight is 234 g/mol. The van der Waals surface area contributed by atoms with Crippen LogP contribution in [-0.4, -0.2) is 14.5 Å². The number of aliphatic hydroxyl groups excluding tert-OH is 1. The lowest BCUT2D eigenvalue weighted by Crippen LogP contribution is -2.23. The van der Waals surface area contributed by atoms with Gasteiger partial charge in [-0.25, -0.2) is 0 Å². The lowest BCUT2D eigenvalue weighted by Gasteiger charge is -2.11. The fourth-order valence-electron chi connectivity index (χ4n) is 2.27. The fraction of sp³-hybridized carbons (Fsp3) is 0.462. The molecule has 1 aromatic heterocycles. The summed E-state index contributed by atoms with van der Waals surface area (Å²) in [6, 6.07) is 0. The highest BCUT2D eigenvalue weighted by Gasteiger charge is 2.19. The third kappa shape index (κ3) is 2.07. The SMILES string of the molecule is CCn1cc(C2C=C(O)C=CC2)c(=O)n1CC. The van der Waals surface area contributed by atoms with Crippen molar-refractivity contribution in [2.24, 2.45) is 0 Å². The maximum absolute atomic E-state index is 12.2. The Morgan fingerprint density at radius 3 is 2.71 bits per heavy atom. The van der Waals surface area contributed by atoms with Crippen LogP contribution in [-0.2, 0) is 13.1 Å². The van der Waals surface area contributed by atoms with Crippen molar-refractivity contribution in [1.82, 2.24) is 9.36 Å². The van der Waals surface area contributed by atoms with Gasteiger partial charge in [0.15, 0.2) is 0 Å². The standard InChI is InChI=1S/C13H18N2O2/c1-3-14-9-12(13(17)15(14)4-2)10-6-5-7-11(16)8-10/h5,7-10,16H,3-4,6H2,1-2H3. The summed E-state index contributed by atoms with van der Waals surface area (Å²) in [5, 5.41) is 9.48. The Labute approximate surface area is 100 Å². The summed E-state index contributed by atoms with van der Waals surface area (Å²) in [5.74, 6) is 0.242. The number of aliphatic hydroxyl groups is 1. The van der Waals surface area contributed by atoms with Crippen LogP contribution in [0.25, 0.3) is 0 Å². The minimum absolute atomic E-state index is 0.00176. The van der Waals surface area contributed by atoms with Crippen LogP contribution in [0.5, 0.6) is 0 Å². The van der Waals surface area contributed by atoms with Crippen LogP contribution in [0, 0.1) is 0 Å². The Kier molecular flexibility index (Phi) is 3.22. The monoisotopic (exact) mass is 234 g/mol. The molecular formula is C13H18N2O2. The lowest BCUT2D eigenvalue weighted by molar-refractivity contribution is 0.424. The zero-order valence-corrected chi connectivity index (χ0v) is 10.3. The van der Waals surface area contributed by atoms with Gasteiger partial charge in [-0.2, -0.15) is 0 Å². The second-order valence-corrected chi connectivity index (χ2v) is 4.20. The Morgan fingerprint density at radius 1 is 1.41 bits per heavy atom. The van der Waals surface area contributed by atoms with Crippen LogP contribution >= 0.6 is 0 Å². The van der Waals surface area contributed by atoms with Crippen molar-refractivity contribution in [2.45, 2.75) is 39.3 Å². The molecule has 92 valence electrons. The highest BCUT2D eigenvalue weighted by molar-refractivity contribution is 5.28. The smallest absolute Gasteiger partial charge is 0.270 e. The molecule has 4 heteroatoms. The third-order valence-corrected chi connectivity index (χ3v) is 3.15. The molecule has 0 saturated heterocycles. The molecule has 1 N–H and O–H groups in total. The van der Waals surface area contributed by atoms with Gasteiger partial charge in [0.05, 0.1) is 0 Å². The largest absolute Gasteiger partial charge is 0.508 e. The zero-order valence-electron chi connectivity index (χ0n) is 10.3. The van der Waals surface area contributed by atoms with Crippen molar-refractivity contribution in [2.75, 3.05) is 0 Å². The Bertz CT molecular complexity index is 520. The summed E-state index contributed by atoms with van der Waals surface area (Å²) in [7, 11) is 0. The molecule has 17 heavy (non-hydrogen) atoms. The minimum atomic E-state index is -0.00176. The first-order chi connectivity index (χ1) is 8.17. The van der Waals surface area contributed by atoms with E-state index >= 15 is 0 Å². The van der Waals surface area contributed by atoms with E-state index in [1.165, 1.54) is 0 Å². The van der Waals surface area contributed by atoms with Gasteiger partial charge in [0, 0.05) is 30.8 Å². The highest BCUT2D eigenvalue weighted by Crippen LogP contribution is 2.24. The second-order valence-electron chi connectivity index (χ2n) is 4.20. The Morgan fingerprint density at radius 2 is 2.18 bits per heavy atom. The highest BCUT2D eigenvalue weighted by atomic mass is 16.3.